The van der Waals surface area contributed by atoms with Gasteiger partial charge in [-0.3, -0.25) is 9.58 Å². The van der Waals surface area contributed by atoms with Crippen molar-refractivity contribution >= 4 is 0 Å². The van der Waals surface area contributed by atoms with E-state index in [2.05, 4.69) is 15.0 Å². The molecule has 1 unspecified atom stereocenters. The summed E-state index contributed by atoms with van der Waals surface area (Å²) in [4.78, 5) is 6.68. The van der Waals surface area contributed by atoms with Crippen LogP contribution in [0.1, 0.15) is 12.2 Å². The number of aromatic nitrogens is 3. The van der Waals surface area contributed by atoms with Crippen LogP contribution < -0.4 is 0 Å². The summed E-state index contributed by atoms with van der Waals surface area (Å²) in [7, 11) is 1.88. The number of hydrogen-bond donors (Lipinski definition) is 2. The zero-order chi connectivity index (χ0) is 14.9. The first kappa shape index (κ1) is 14.2. The molecule has 0 amide bonds. The van der Waals surface area contributed by atoms with Crippen LogP contribution in [0.4, 0.5) is 0 Å². The normalized spacial score (nSPS) is 22.8. The Morgan fingerprint density at radius 3 is 2.71 bits per heavy atom. The van der Waals surface area contributed by atoms with E-state index < -0.39 is 5.60 Å². The number of nitrogens with zero attached hydrogens (tertiary/aromatic N) is 4. The summed E-state index contributed by atoms with van der Waals surface area (Å²) < 4.78 is 1.78. The number of β-amino-alcohol motifs (C(OH)–C–C–N with tert-alkyl or cyclic N) is 1. The predicted molar refractivity (Wildman–Crippen MR) is 78.4 cm³/mol. The third-order valence-corrected chi connectivity index (χ3v) is 3.96. The lowest BCUT2D eigenvalue weighted by Crippen LogP contribution is -2.36. The van der Waals surface area contributed by atoms with Gasteiger partial charge in [-0.25, -0.2) is 4.98 Å². The molecule has 2 N–H and O–H groups in total. The molecule has 21 heavy (non-hydrogen) atoms. The minimum absolute atomic E-state index is 0.197. The van der Waals surface area contributed by atoms with Gasteiger partial charge in [0.2, 0.25) is 0 Å². The third-order valence-electron chi connectivity index (χ3n) is 3.96. The van der Waals surface area contributed by atoms with Crippen LogP contribution in [0.25, 0.3) is 11.4 Å². The predicted octanol–water partition coefficient (Wildman–Crippen LogP) is 0.411. The molecule has 1 atom stereocenters. The van der Waals surface area contributed by atoms with E-state index in [1.165, 1.54) is 0 Å². The topological polar surface area (TPSA) is 74.4 Å². The molecule has 1 aliphatic heterocycles. The number of benzene rings is 1. The maximum atomic E-state index is 10.1. The Bertz CT molecular complexity index is 613. The molecule has 6 heteroatoms. The van der Waals surface area contributed by atoms with Gasteiger partial charge >= 0.3 is 0 Å². The van der Waals surface area contributed by atoms with Crippen molar-refractivity contribution in [1.29, 1.82) is 0 Å². The standard InChI is InChI=1S/C15H20N4O2/c1-18-13(9-19-8-7-15(21,10-19)11-20)16-14(17-18)12-5-3-2-4-6-12/h2-6,20-21H,7-11H2,1H3. The summed E-state index contributed by atoms with van der Waals surface area (Å²) >= 11 is 0. The van der Waals surface area contributed by atoms with E-state index in [-0.39, 0.29) is 6.61 Å². The zero-order valence-electron chi connectivity index (χ0n) is 12.1. The Kier molecular flexibility index (Phi) is 3.75. The summed E-state index contributed by atoms with van der Waals surface area (Å²) in [5.41, 5.74) is 0.0218. The molecule has 1 aromatic carbocycles. The highest BCUT2D eigenvalue weighted by atomic mass is 16.3. The Morgan fingerprint density at radius 2 is 2.05 bits per heavy atom. The molecule has 112 valence electrons. The van der Waals surface area contributed by atoms with Gasteiger partial charge in [0.15, 0.2) is 5.82 Å². The molecule has 0 bridgehead atoms. The van der Waals surface area contributed by atoms with Gasteiger partial charge in [-0.15, -0.1) is 0 Å². The van der Waals surface area contributed by atoms with Crippen LogP contribution in [0, 0.1) is 0 Å². The van der Waals surface area contributed by atoms with Crippen LogP contribution in [-0.4, -0.2) is 55.2 Å². The van der Waals surface area contributed by atoms with Gasteiger partial charge in [0, 0.05) is 25.7 Å². The van der Waals surface area contributed by atoms with Crippen LogP contribution in [0.3, 0.4) is 0 Å². The van der Waals surface area contributed by atoms with Crippen molar-refractivity contribution in [3.05, 3.63) is 36.2 Å². The van der Waals surface area contributed by atoms with E-state index >= 15 is 0 Å². The van der Waals surface area contributed by atoms with E-state index in [0.717, 1.165) is 17.9 Å². The lowest BCUT2D eigenvalue weighted by molar-refractivity contribution is -0.00602. The van der Waals surface area contributed by atoms with E-state index in [9.17, 15) is 10.2 Å². The highest BCUT2D eigenvalue weighted by molar-refractivity contribution is 5.53. The zero-order valence-corrected chi connectivity index (χ0v) is 12.1. The third kappa shape index (κ3) is 2.97. The molecule has 1 aliphatic rings. The quantitative estimate of drug-likeness (QED) is 0.852. The molecule has 3 rings (SSSR count). The fourth-order valence-corrected chi connectivity index (χ4v) is 2.67. The minimum Gasteiger partial charge on any atom is -0.393 e. The summed E-state index contributed by atoms with van der Waals surface area (Å²) in [6, 6.07) is 9.87. The van der Waals surface area contributed by atoms with Crippen molar-refractivity contribution in [2.45, 2.75) is 18.6 Å². The maximum absolute atomic E-state index is 10.1. The molecule has 1 fully saturated rings. The van der Waals surface area contributed by atoms with Gasteiger partial charge in [-0.2, -0.15) is 5.10 Å². The molecule has 0 spiro atoms. The lowest BCUT2D eigenvalue weighted by atomic mass is 10.1. The Morgan fingerprint density at radius 1 is 1.29 bits per heavy atom. The van der Waals surface area contributed by atoms with E-state index in [1.54, 1.807) is 4.68 Å². The molecular weight excluding hydrogens is 268 g/mol. The number of rotatable bonds is 4. The second-order valence-corrected chi connectivity index (χ2v) is 5.68. The van der Waals surface area contributed by atoms with Crippen LogP contribution in [0.15, 0.2) is 30.3 Å². The minimum atomic E-state index is -0.971. The fraction of sp³-hybridized carbons (Fsp3) is 0.467. The first-order valence-corrected chi connectivity index (χ1v) is 7.11. The highest BCUT2D eigenvalue weighted by Crippen LogP contribution is 2.22. The number of hydrogen-bond acceptors (Lipinski definition) is 5. The number of likely N-dealkylation sites (tertiary alicyclic amines) is 1. The van der Waals surface area contributed by atoms with Gasteiger partial charge < -0.3 is 10.2 Å². The first-order valence-electron chi connectivity index (χ1n) is 7.11. The molecule has 2 heterocycles. The average molecular weight is 288 g/mol. The molecule has 1 aromatic heterocycles. The van der Waals surface area contributed by atoms with Gasteiger partial charge in [-0.1, -0.05) is 30.3 Å². The van der Waals surface area contributed by atoms with Crippen LogP contribution in [0.2, 0.25) is 0 Å². The summed E-state index contributed by atoms with van der Waals surface area (Å²) in [5, 5.41) is 23.7. The van der Waals surface area contributed by atoms with Crippen LogP contribution in [-0.2, 0) is 13.6 Å². The number of aliphatic hydroxyl groups is 2. The van der Waals surface area contributed by atoms with Crippen molar-refractivity contribution in [2.75, 3.05) is 19.7 Å². The van der Waals surface area contributed by atoms with E-state index in [4.69, 9.17) is 0 Å². The van der Waals surface area contributed by atoms with Crippen LogP contribution in [0.5, 0.6) is 0 Å². The monoisotopic (exact) mass is 288 g/mol. The second kappa shape index (κ2) is 5.55. The summed E-state index contributed by atoms with van der Waals surface area (Å²) in [6.07, 6.45) is 0.590. The largest absolute Gasteiger partial charge is 0.393 e. The molecular formula is C15H20N4O2. The van der Waals surface area contributed by atoms with Crippen molar-refractivity contribution in [2.24, 2.45) is 7.05 Å². The number of aliphatic hydroxyl groups excluding tert-OH is 1. The van der Waals surface area contributed by atoms with Crippen molar-refractivity contribution < 1.29 is 10.2 Å². The van der Waals surface area contributed by atoms with Crippen molar-refractivity contribution in [1.82, 2.24) is 19.7 Å². The highest BCUT2D eigenvalue weighted by Gasteiger charge is 2.35. The Labute approximate surface area is 123 Å². The molecule has 0 saturated carbocycles. The SMILES string of the molecule is Cn1nc(-c2ccccc2)nc1CN1CCC(O)(CO)C1. The summed E-state index contributed by atoms with van der Waals surface area (Å²) in [5.74, 6) is 1.57. The van der Waals surface area contributed by atoms with Gasteiger partial charge in [0.05, 0.1) is 13.2 Å². The second-order valence-electron chi connectivity index (χ2n) is 5.68. The molecule has 1 saturated heterocycles. The molecule has 0 radical (unpaired) electrons. The Balaban J connectivity index is 1.74. The van der Waals surface area contributed by atoms with Gasteiger partial charge in [0.25, 0.3) is 0 Å². The smallest absolute Gasteiger partial charge is 0.181 e. The van der Waals surface area contributed by atoms with Crippen molar-refractivity contribution in [3.63, 3.8) is 0 Å². The lowest BCUT2D eigenvalue weighted by Gasteiger charge is -2.20. The maximum Gasteiger partial charge on any atom is 0.181 e. The van der Waals surface area contributed by atoms with Gasteiger partial charge in [-0.05, 0) is 6.42 Å². The Hall–Kier alpha value is -1.76. The van der Waals surface area contributed by atoms with E-state index in [0.29, 0.717) is 25.3 Å². The van der Waals surface area contributed by atoms with Crippen LogP contribution >= 0.6 is 0 Å². The van der Waals surface area contributed by atoms with Gasteiger partial charge in [0.1, 0.15) is 11.4 Å². The summed E-state index contributed by atoms with van der Waals surface area (Å²) in [6.45, 7) is 1.65. The van der Waals surface area contributed by atoms with Crippen molar-refractivity contribution in [3.8, 4) is 11.4 Å². The molecule has 6 nitrogen and oxygen atoms in total. The average Bonchev–Trinajstić information content (AvgIpc) is 3.05. The molecule has 0 aliphatic carbocycles. The first-order chi connectivity index (χ1) is 10.1. The number of aryl methyl sites for hydroxylation is 1. The van der Waals surface area contributed by atoms with E-state index in [1.807, 2.05) is 37.4 Å². The fourth-order valence-electron chi connectivity index (χ4n) is 2.67. The molecule has 2 aromatic rings.